The molecule has 3 amide bonds. The number of nitrogens with zero attached hydrogens (tertiary/aromatic N) is 2. The summed E-state index contributed by atoms with van der Waals surface area (Å²) >= 11 is 6.34. The SMILES string of the molecule is C[C@@H](/C=C/CC(=O)N(CCO)Cc1ccccc1)[C@]1(O)C(=O)N(Cc2cccc(NC(=O)c3ccccc3)c2)c2ccc(Cl)cc21. The van der Waals surface area contributed by atoms with Crippen molar-refractivity contribution in [3.63, 3.8) is 0 Å². The molecular weight excluding hydrogens is 602 g/mol. The summed E-state index contributed by atoms with van der Waals surface area (Å²) in [6.07, 6.45) is 3.36. The first-order valence-corrected chi connectivity index (χ1v) is 15.5. The van der Waals surface area contributed by atoms with Gasteiger partial charge in [-0.3, -0.25) is 14.4 Å². The molecule has 0 saturated carbocycles. The van der Waals surface area contributed by atoms with Crippen molar-refractivity contribution in [2.45, 2.75) is 32.0 Å². The first-order valence-electron chi connectivity index (χ1n) is 15.1. The zero-order valence-electron chi connectivity index (χ0n) is 25.5. The molecule has 4 aromatic carbocycles. The highest BCUT2D eigenvalue weighted by molar-refractivity contribution is 6.31. The number of rotatable bonds is 12. The quantitative estimate of drug-likeness (QED) is 0.167. The van der Waals surface area contributed by atoms with Crippen molar-refractivity contribution in [1.29, 1.82) is 0 Å². The predicted molar refractivity (Wildman–Crippen MR) is 179 cm³/mol. The van der Waals surface area contributed by atoms with Crippen LogP contribution in [0.5, 0.6) is 0 Å². The highest BCUT2D eigenvalue weighted by atomic mass is 35.5. The number of hydrogen-bond acceptors (Lipinski definition) is 5. The Bertz CT molecular complexity index is 1730. The number of carbonyl (C=O) groups excluding carboxylic acids is 3. The van der Waals surface area contributed by atoms with Gasteiger partial charge in [-0.25, -0.2) is 0 Å². The molecule has 0 fully saturated rings. The number of aliphatic hydroxyl groups excluding tert-OH is 1. The van der Waals surface area contributed by atoms with Crippen LogP contribution in [0.25, 0.3) is 0 Å². The molecule has 3 N–H and O–H groups in total. The van der Waals surface area contributed by atoms with E-state index in [0.29, 0.717) is 34.1 Å². The number of amides is 3. The van der Waals surface area contributed by atoms with E-state index in [1.165, 1.54) is 4.90 Å². The Morgan fingerprint density at radius 1 is 0.957 bits per heavy atom. The second-order valence-corrected chi connectivity index (χ2v) is 11.7. The highest BCUT2D eigenvalue weighted by Crippen LogP contribution is 2.46. The molecule has 0 unspecified atom stereocenters. The smallest absolute Gasteiger partial charge is 0.264 e. The van der Waals surface area contributed by atoms with Crippen molar-refractivity contribution in [2.75, 3.05) is 23.4 Å². The average Bonchev–Trinajstić information content (AvgIpc) is 3.27. The molecule has 1 aliphatic rings. The summed E-state index contributed by atoms with van der Waals surface area (Å²) in [6, 6.07) is 30.6. The minimum atomic E-state index is -1.92. The fourth-order valence-electron chi connectivity index (χ4n) is 5.66. The molecule has 8 nitrogen and oxygen atoms in total. The molecule has 0 bridgehead atoms. The van der Waals surface area contributed by atoms with Gasteiger partial charge in [0.25, 0.3) is 11.8 Å². The van der Waals surface area contributed by atoms with E-state index in [4.69, 9.17) is 11.6 Å². The molecule has 236 valence electrons. The minimum absolute atomic E-state index is 0.0368. The lowest BCUT2D eigenvalue weighted by Gasteiger charge is -2.28. The zero-order chi connectivity index (χ0) is 32.7. The fourth-order valence-corrected chi connectivity index (χ4v) is 5.83. The van der Waals surface area contributed by atoms with Crippen molar-refractivity contribution in [3.05, 3.63) is 143 Å². The van der Waals surface area contributed by atoms with E-state index >= 15 is 0 Å². The summed E-state index contributed by atoms with van der Waals surface area (Å²) in [5.74, 6) is -1.65. The second-order valence-electron chi connectivity index (χ2n) is 11.3. The molecule has 0 aliphatic carbocycles. The maximum atomic E-state index is 14.0. The number of benzene rings is 4. The fraction of sp³-hybridized carbons (Fsp3) is 0.216. The van der Waals surface area contributed by atoms with Crippen LogP contribution in [0.3, 0.4) is 0 Å². The van der Waals surface area contributed by atoms with Crippen molar-refractivity contribution in [3.8, 4) is 0 Å². The maximum absolute atomic E-state index is 14.0. The predicted octanol–water partition coefficient (Wildman–Crippen LogP) is 5.93. The average molecular weight is 638 g/mol. The Labute approximate surface area is 273 Å². The molecule has 46 heavy (non-hydrogen) atoms. The largest absolute Gasteiger partial charge is 0.395 e. The van der Waals surface area contributed by atoms with Gasteiger partial charge in [-0.1, -0.05) is 91.3 Å². The number of anilines is 2. The van der Waals surface area contributed by atoms with Gasteiger partial charge >= 0.3 is 0 Å². The lowest BCUT2D eigenvalue weighted by molar-refractivity contribution is -0.139. The molecular formula is C37H36ClN3O5. The number of carbonyl (C=O) groups is 3. The van der Waals surface area contributed by atoms with Crippen LogP contribution in [0.4, 0.5) is 11.4 Å². The van der Waals surface area contributed by atoms with Gasteiger partial charge in [0, 0.05) is 47.3 Å². The first-order chi connectivity index (χ1) is 22.2. The van der Waals surface area contributed by atoms with Crippen LogP contribution in [0.15, 0.2) is 115 Å². The topological polar surface area (TPSA) is 110 Å². The van der Waals surface area contributed by atoms with E-state index < -0.39 is 17.4 Å². The van der Waals surface area contributed by atoms with Gasteiger partial charge in [0.2, 0.25) is 5.91 Å². The van der Waals surface area contributed by atoms with E-state index in [2.05, 4.69) is 5.32 Å². The molecule has 4 aromatic rings. The van der Waals surface area contributed by atoms with Gasteiger partial charge < -0.3 is 25.3 Å². The van der Waals surface area contributed by atoms with E-state index in [9.17, 15) is 24.6 Å². The third-order valence-corrected chi connectivity index (χ3v) is 8.34. The van der Waals surface area contributed by atoms with E-state index in [1.807, 2.05) is 42.5 Å². The molecule has 1 heterocycles. The Morgan fingerprint density at radius 3 is 2.37 bits per heavy atom. The van der Waals surface area contributed by atoms with E-state index in [0.717, 1.165) is 11.1 Å². The number of nitrogens with one attached hydrogen (secondary N) is 1. The van der Waals surface area contributed by atoms with Crippen LogP contribution in [0.1, 0.15) is 40.4 Å². The van der Waals surface area contributed by atoms with Gasteiger partial charge in [-0.2, -0.15) is 0 Å². The lowest BCUT2D eigenvalue weighted by atomic mass is 9.83. The second kappa shape index (κ2) is 14.6. The van der Waals surface area contributed by atoms with Crippen molar-refractivity contribution < 1.29 is 24.6 Å². The van der Waals surface area contributed by atoms with Crippen LogP contribution < -0.4 is 10.2 Å². The van der Waals surface area contributed by atoms with Crippen LogP contribution in [-0.2, 0) is 28.3 Å². The summed E-state index contributed by atoms with van der Waals surface area (Å²) in [5.41, 5.74) is 1.79. The maximum Gasteiger partial charge on any atom is 0.264 e. The van der Waals surface area contributed by atoms with Gasteiger partial charge in [-0.05, 0) is 53.6 Å². The Balaban J connectivity index is 1.32. The van der Waals surface area contributed by atoms with E-state index in [1.54, 1.807) is 84.6 Å². The molecule has 0 radical (unpaired) electrons. The summed E-state index contributed by atoms with van der Waals surface area (Å²) < 4.78 is 0. The molecule has 1 aliphatic heterocycles. The third kappa shape index (κ3) is 7.21. The Hall–Kier alpha value is -4.76. The number of aliphatic hydroxyl groups is 2. The molecule has 5 rings (SSSR count). The third-order valence-electron chi connectivity index (χ3n) is 8.11. The van der Waals surface area contributed by atoms with Crippen molar-refractivity contribution in [1.82, 2.24) is 4.90 Å². The zero-order valence-corrected chi connectivity index (χ0v) is 26.2. The first kappa shape index (κ1) is 32.6. The number of hydrogen-bond donors (Lipinski definition) is 3. The summed E-state index contributed by atoms with van der Waals surface area (Å²) in [4.78, 5) is 42.8. The monoisotopic (exact) mass is 637 g/mol. The summed E-state index contributed by atoms with van der Waals surface area (Å²) in [5, 5.41) is 24.8. The summed E-state index contributed by atoms with van der Waals surface area (Å²) in [6.45, 7) is 2.27. The van der Waals surface area contributed by atoms with Gasteiger partial charge in [0.15, 0.2) is 5.60 Å². The van der Waals surface area contributed by atoms with Gasteiger partial charge in [0.05, 0.1) is 18.8 Å². The van der Waals surface area contributed by atoms with Crippen LogP contribution in [0, 0.1) is 5.92 Å². The Kier molecular flexibility index (Phi) is 10.3. The molecule has 2 atom stereocenters. The van der Waals surface area contributed by atoms with Gasteiger partial charge in [0.1, 0.15) is 0 Å². The van der Waals surface area contributed by atoms with E-state index in [-0.39, 0.29) is 37.9 Å². The van der Waals surface area contributed by atoms with Crippen LogP contribution in [0.2, 0.25) is 5.02 Å². The van der Waals surface area contributed by atoms with Crippen molar-refractivity contribution in [2.24, 2.45) is 5.92 Å². The summed E-state index contributed by atoms with van der Waals surface area (Å²) in [7, 11) is 0. The molecule has 0 saturated heterocycles. The lowest BCUT2D eigenvalue weighted by Crippen LogP contribution is -2.44. The minimum Gasteiger partial charge on any atom is -0.395 e. The molecule has 0 spiro atoms. The van der Waals surface area contributed by atoms with Gasteiger partial charge in [-0.15, -0.1) is 0 Å². The highest BCUT2D eigenvalue weighted by Gasteiger charge is 2.52. The molecule has 9 heteroatoms. The Morgan fingerprint density at radius 2 is 1.65 bits per heavy atom. The van der Waals surface area contributed by atoms with Crippen LogP contribution >= 0.6 is 11.6 Å². The molecule has 0 aromatic heterocycles. The standard InChI is InChI=1S/C37H36ClN3O5/c1-26(10-8-17-34(43)40(20-21-42)24-27-11-4-2-5-12-27)37(46)32-23-30(38)18-19-33(32)41(36(37)45)25-28-13-9-16-31(22-28)39-35(44)29-14-6-3-7-15-29/h2-16,18-19,22-23,26,42,46H,17,20-21,24-25H2,1H3,(H,39,44)/b10-8+/t26-,37+/m0/s1. The normalized spacial score (nSPS) is 16.3. The van der Waals surface area contributed by atoms with Crippen molar-refractivity contribution >= 4 is 40.7 Å². The number of fused-ring (bicyclic) bond motifs is 1. The number of halogens is 1. The van der Waals surface area contributed by atoms with Crippen LogP contribution in [-0.4, -0.2) is 46.0 Å².